The van der Waals surface area contributed by atoms with E-state index in [2.05, 4.69) is 0 Å². The van der Waals surface area contributed by atoms with Crippen molar-refractivity contribution in [2.24, 2.45) is 0 Å². The van der Waals surface area contributed by atoms with Gasteiger partial charge in [-0.05, 0) is 42.7 Å². The Hall–Kier alpha value is -2.44. The quantitative estimate of drug-likeness (QED) is 0.379. The number of carbonyl (C=O) groups excluding carboxylic acids is 1. The van der Waals surface area contributed by atoms with Crippen LogP contribution >= 0.6 is 23.2 Å². The monoisotopic (exact) mass is 495 g/mol. The molecular formula is C27H23Cl2NO4. The Balaban J connectivity index is 1.46. The van der Waals surface area contributed by atoms with Gasteiger partial charge in [-0.25, -0.2) is 4.98 Å². The average Bonchev–Trinajstić information content (AvgIpc) is 3.16. The topological polar surface area (TPSA) is 57.7 Å². The Morgan fingerprint density at radius 2 is 1.62 bits per heavy atom. The maximum atomic E-state index is 13.4. The summed E-state index contributed by atoms with van der Waals surface area (Å²) in [6.45, 7) is 0.209. The number of ketones is 1. The maximum Gasteiger partial charge on any atom is 0.245 e. The lowest BCUT2D eigenvalue weighted by molar-refractivity contribution is -0.247. The average molecular weight is 496 g/mol. The molecule has 174 valence electrons. The lowest BCUT2D eigenvalue weighted by atomic mass is 9.93. The molecule has 1 aromatic heterocycles. The van der Waals surface area contributed by atoms with Gasteiger partial charge in [0.15, 0.2) is 11.6 Å². The second-order valence-electron chi connectivity index (χ2n) is 9.20. The molecule has 1 aliphatic carbocycles. The van der Waals surface area contributed by atoms with Gasteiger partial charge in [-0.1, -0.05) is 60.0 Å². The molecule has 3 heterocycles. The molecule has 1 unspecified atom stereocenters. The number of pyridine rings is 1. The SMILES string of the molecule is O=C1CC2(COC3(CCCCC3)O2)Oc2nc(-c3ccccc3Cl)c(-c3ccc(Cl)cc3)cc21. The summed E-state index contributed by atoms with van der Waals surface area (Å²) in [7, 11) is 0. The third kappa shape index (κ3) is 3.81. The van der Waals surface area contributed by atoms with Crippen molar-refractivity contribution >= 4 is 29.0 Å². The number of rotatable bonds is 2. The predicted octanol–water partition coefficient (Wildman–Crippen LogP) is 7.09. The number of carbonyl (C=O) groups is 1. The second-order valence-corrected chi connectivity index (χ2v) is 10.0. The molecule has 34 heavy (non-hydrogen) atoms. The van der Waals surface area contributed by atoms with E-state index in [1.165, 1.54) is 6.42 Å². The van der Waals surface area contributed by atoms with Gasteiger partial charge in [0.1, 0.15) is 6.61 Å². The summed E-state index contributed by atoms with van der Waals surface area (Å²) in [6.07, 6.45) is 4.97. The Morgan fingerprint density at radius 3 is 2.38 bits per heavy atom. The Kier molecular flexibility index (Phi) is 5.41. The van der Waals surface area contributed by atoms with E-state index >= 15 is 0 Å². The van der Waals surface area contributed by atoms with E-state index in [-0.39, 0.29) is 24.7 Å². The highest BCUT2D eigenvalue weighted by Crippen LogP contribution is 2.48. The highest BCUT2D eigenvalue weighted by molar-refractivity contribution is 6.33. The fourth-order valence-electron chi connectivity index (χ4n) is 5.15. The van der Waals surface area contributed by atoms with Crippen LogP contribution in [-0.2, 0) is 9.47 Å². The van der Waals surface area contributed by atoms with Gasteiger partial charge in [0, 0.05) is 34.0 Å². The van der Waals surface area contributed by atoms with Gasteiger partial charge >= 0.3 is 0 Å². The molecule has 2 aliphatic heterocycles. The zero-order chi connectivity index (χ0) is 23.3. The summed E-state index contributed by atoms with van der Waals surface area (Å²) in [5.41, 5.74) is 3.47. The van der Waals surface area contributed by atoms with Crippen molar-refractivity contribution in [1.29, 1.82) is 0 Å². The minimum atomic E-state index is -1.14. The molecule has 3 aromatic rings. The van der Waals surface area contributed by atoms with Gasteiger partial charge in [-0.15, -0.1) is 0 Å². The van der Waals surface area contributed by atoms with Crippen molar-refractivity contribution in [2.75, 3.05) is 6.61 Å². The normalized spacial score (nSPS) is 23.2. The standard InChI is InChI=1S/C27H23Cl2NO4/c28-18-10-8-17(9-11-18)20-14-21-23(31)15-27(16-32-26(34-27)12-4-1-5-13-26)33-25(21)30-24(20)19-6-2-3-7-22(19)29/h2-3,6-11,14H,1,4-5,12-13,15-16H2. The first-order chi connectivity index (χ1) is 16.5. The van der Waals surface area contributed by atoms with Crippen LogP contribution in [0.5, 0.6) is 5.88 Å². The summed E-state index contributed by atoms with van der Waals surface area (Å²) in [6, 6.07) is 16.8. The van der Waals surface area contributed by atoms with E-state index in [1.807, 2.05) is 54.6 Å². The summed E-state index contributed by atoms with van der Waals surface area (Å²) >= 11 is 12.7. The predicted molar refractivity (Wildman–Crippen MR) is 130 cm³/mol. The first-order valence-corrected chi connectivity index (χ1v) is 12.3. The van der Waals surface area contributed by atoms with Gasteiger partial charge in [0.2, 0.25) is 11.7 Å². The van der Waals surface area contributed by atoms with Crippen LogP contribution in [0.2, 0.25) is 10.0 Å². The van der Waals surface area contributed by atoms with Crippen LogP contribution in [-0.4, -0.2) is 28.9 Å². The summed E-state index contributed by atoms with van der Waals surface area (Å²) in [4.78, 5) is 18.2. The van der Waals surface area contributed by atoms with Gasteiger partial charge in [0.25, 0.3) is 0 Å². The summed E-state index contributed by atoms with van der Waals surface area (Å²) < 4.78 is 18.9. The number of hydrogen-bond donors (Lipinski definition) is 0. The molecule has 5 nitrogen and oxygen atoms in total. The van der Waals surface area contributed by atoms with Crippen LogP contribution in [0.4, 0.5) is 0 Å². The number of benzene rings is 2. The third-order valence-electron chi connectivity index (χ3n) is 6.83. The number of Topliss-reactive ketones (excluding diaryl/α,β-unsaturated/α-hetero) is 1. The van der Waals surface area contributed by atoms with Crippen molar-refractivity contribution in [2.45, 2.75) is 50.1 Å². The zero-order valence-corrected chi connectivity index (χ0v) is 20.0. The van der Waals surface area contributed by atoms with Crippen LogP contribution in [0.25, 0.3) is 22.4 Å². The number of aromatic nitrogens is 1. The number of halogens is 2. The van der Waals surface area contributed by atoms with Gasteiger partial charge in [0.05, 0.1) is 17.7 Å². The fourth-order valence-corrected chi connectivity index (χ4v) is 5.50. The molecule has 0 N–H and O–H groups in total. The molecule has 0 amide bonds. The molecular weight excluding hydrogens is 473 g/mol. The van der Waals surface area contributed by atoms with E-state index < -0.39 is 11.6 Å². The van der Waals surface area contributed by atoms with Crippen molar-refractivity contribution in [1.82, 2.24) is 4.98 Å². The minimum absolute atomic E-state index is 0.0777. The third-order valence-corrected chi connectivity index (χ3v) is 7.41. The smallest absolute Gasteiger partial charge is 0.245 e. The van der Waals surface area contributed by atoms with E-state index in [0.717, 1.165) is 42.4 Å². The second kappa shape index (κ2) is 8.35. The Bertz CT molecular complexity index is 1270. The molecule has 1 atom stereocenters. The number of fused-ring (bicyclic) bond motifs is 1. The van der Waals surface area contributed by atoms with Gasteiger partial charge < -0.3 is 14.2 Å². The van der Waals surface area contributed by atoms with Crippen LogP contribution < -0.4 is 4.74 Å². The van der Waals surface area contributed by atoms with Crippen LogP contribution in [0.3, 0.4) is 0 Å². The lowest BCUT2D eigenvalue weighted by Gasteiger charge is -2.36. The van der Waals surface area contributed by atoms with Crippen molar-refractivity contribution in [3.8, 4) is 28.3 Å². The summed E-state index contributed by atoms with van der Waals surface area (Å²) in [5, 5.41) is 1.19. The molecule has 7 heteroatoms. The Labute approximate surface area is 208 Å². The van der Waals surface area contributed by atoms with E-state index in [9.17, 15) is 4.79 Å². The highest BCUT2D eigenvalue weighted by atomic mass is 35.5. The van der Waals surface area contributed by atoms with Crippen molar-refractivity contribution < 1.29 is 19.0 Å². The first-order valence-electron chi connectivity index (χ1n) is 11.6. The maximum absolute atomic E-state index is 13.4. The van der Waals surface area contributed by atoms with Gasteiger partial charge in [-0.3, -0.25) is 4.79 Å². The number of nitrogens with zero attached hydrogens (tertiary/aromatic N) is 1. The molecule has 3 aliphatic rings. The van der Waals surface area contributed by atoms with E-state index in [1.54, 1.807) is 0 Å². The molecule has 1 saturated carbocycles. The largest absolute Gasteiger partial charge is 0.441 e. The minimum Gasteiger partial charge on any atom is -0.441 e. The Morgan fingerprint density at radius 1 is 0.853 bits per heavy atom. The van der Waals surface area contributed by atoms with Crippen LogP contribution in [0.15, 0.2) is 54.6 Å². The molecule has 2 aromatic carbocycles. The van der Waals surface area contributed by atoms with E-state index in [0.29, 0.717) is 21.3 Å². The number of ether oxygens (including phenoxy) is 3. The molecule has 1 saturated heterocycles. The molecule has 0 radical (unpaired) electrons. The van der Waals surface area contributed by atoms with Crippen molar-refractivity contribution in [3.05, 3.63) is 70.2 Å². The summed E-state index contributed by atoms with van der Waals surface area (Å²) in [5.74, 6) is -1.63. The van der Waals surface area contributed by atoms with Gasteiger partial charge in [-0.2, -0.15) is 0 Å². The van der Waals surface area contributed by atoms with Crippen LogP contribution in [0.1, 0.15) is 48.9 Å². The first kappa shape index (κ1) is 22.1. The zero-order valence-electron chi connectivity index (χ0n) is 18.5. The number of hydrogen-bond acceptors (Lipinski definition) is 5. The van der Waals surface area contributed by atoms with Crippen molar-refractivity contribution in [3.63, 3.8) is 0 Å². The van der Waals surface area contributed by atoms with Crippen LogP contribution in [0, 0.1) is 0 Å². The van der Waals surface area contributed by atoms with E-state index in [4.69, 9.17) is 42.4 Å². The molecule has 2 fully saturated rings. The molecule has 0 bridgehead atoms. The highest BCUT2D eigenvalue weighted by Gasteiger charge is 2.56. The molecule has 6 rings (SSSR count). The fraction of sp³-hybridized carbons (Fsp3) is 0.333. The lowest BCUT2D eigenvalue weighted by Crippen LogP contribution is -2.47. The molecule has 2 spiro atoms.